The van der Waals surface area contributed by atoms with Crippen molar-refractivity contribution < 1.29 is 9.53 Å². The first kappa shape index (κ1) is 24.5. The Hall–Kier alpha value is -2.13. The van der Waals surface area contributed by atoms with Crippen LogP contribution in [0.15, 0.2) is 53.5 Å². The number of hydrogen-bond donors (Lipinski definition) is 3. The Labute approximate surface area is 207 Å². The third-order valence-corrected chi connectivity index (χ3v) is 6.23. The van der Waals surface area contributed by atoms with Gasteiger partial charge in [0, 0.05) is 50.7 Å². The van der Waals surface area contributed by atoms with Gasteiger partial charge in [0.2, 0.25) is 5.91 Å². The van der Waals surface area contributed by atoms with E-state index in [4.69, 9.17) is 4.74 Å². The topological polar surface area (TPSA) is 74.8 Å². The summed E-state index contributed by atoms with van der Waals surface area (Å²) in [5, 5.41) is 9.86. The molecule has 1 saturated heterocycles. The third-order valence-electron chi connectivity index (χ3n) is 6.23. The van der Waals surface area contributed by atoms with Crippen LogP contribution in [0.5, 0.6) is 0 Å². The van der Waals surface area contributed by atoms with Crippen molar-refractivity contribution in [1.82, 2.24) is 10.6 Å². The van der Waals surface area contributed by atoms with Gasteiger partial charge in [-0.1, -0.05) is 48.0 Å². The molecule has 6 nitrogen and oxygen atoms in total. The summed E-state index contributed by atoms with van der Waals surface area (Å²) in [5.41, 5.74) is 4.58. The number of amides is 1. The number of ether oxygens (including phenoxy) is 1. The molecule has 1 amide bonds. The molecule has 7 heteroatoms. The lowest BCUT2D eigenvalue weighted by Gasteiger charge is -2.33. The smallest absolute Gasteiger partial charge is 0.225 e. The van der Waals surface area contributed by atoms with Gasteiger partial charge in [0.05, 0.1) is 6.10 Å². The van der Waals surface area contributed by atoms with Crippen LogP contribution in [0.25, 0.3) is 0 Å². The van der Waals surface area contributed by atoms with Crippen molar-refractivity contribution in [2.75, 3.05) is 32.1 Å². The van der Waals surface area contributed by atoms with Crippen LogP contribution < -0.4 is 16.0 Å². The Morgan fingerprint density at radius 1 is 1.12 bits per heavy atom. The Morgan fingerprint density at radius 2 is 1.88 bits per heavy atom. The average molecular weight is 548 g/mol. The van der Waals surface area contributed by atoms with E-state index in [1.165, 1.54) is 16.7 Å². The molecular formula is C25H33IN4O2. The molecule has 2 heterocycles. The van der Waals surface area contributed by atoms with E-state index < -0.39 is 0 Å². The predicted octanol–water partition coefficient (Wildman–Crippen LogP) is 4.37. The number of guanidine groups is 1. The quantitative estimate of drug-likeness (QED) is 0.295. The fourth-order valence-corrected chi connectivity index (χ4v) is 4.53. The maximum atomic E-state index is 12.1. The summed E-state index contributed by atoms with van der Waals surface area (Å²) >= 11 is 0. The first-order chi connectivity index (χ1) is 15.1. The molecule has 2 aromatic rings. The number of carbonyl (C=O) groups is 1. The summed E-state index contributed by atoms with van der Waals surface area (Å²) < 4.78 is 6.14. The number of hydrogen-bond acceptors (Lipinski definition) is 3. The van der Waals surface area contributed by atoms with Crippen molar-refractivity contribution in [1.29, 1.82) is 0 Å². The zero-order valence-electron chi connectivity index (χ0n) is 18.8. The van der Waals surface area contributed by atoms with Crippen molar-refractivity contribution in [3.8, 4) is 0 Å². The molecule has 172 valence electrons. The van der Waals surface area contributed by atoms with Crippen LogP contribution in [0.3, 0.4) is 0 Å². The maximum absolute atomic E-state index is 12.1. The number of anilines is 1. The van der Waals surface area contributed by atoms with Crippen LogP contribution in [-0.4, -0.2) is 38.6 Å². The Kier molecular flexibility index (Phi) is 8.92. The number of rotatable bonds is 5. The molecule has 3 atom stereocenters. The zero-order valence-corrected chi connectivity index (χ0v) is 21.1. The normalized spacial score (nSPS) is 22.9. The zero-order chi connectivity index (χ0) is 21.6. The Morgan fingerprint density at radius 3 is 2.66 bits per heavy atom. The summed E-state index contributed by atoms with van der Waals surface area (Å²) in [6, 6.07) is 16.7. The monoisotopic (exact) mass is 548 g/mol. The molecule has 2 aliphatic heterocycles. The highest BCUT2D eigenvalue weighted by atomic mass is 127. The lowest BCUT2D eigenvalue weighted by atomic mass is 9.89. The molecule has 0 radical (unpaired) electrons. The Balaban J connectivity index is 0.00000289. The van der Waals surface area contributed by atoms with Crippen LogP contribution in [-0.2, 0) is 9.53 Å². The van der Waals surface area contributed by atoms with Crippen molar-refractivity contribution in [2.45, 2.75) is 38.2 Å². The van der Waals surface area contributed by atoms with E-state index in [0.29, 0.717) is 18.9 Å². The van der Waals surface area contributed by atoms with E-state index in [1.54, 1.807) is 7.05 Å². The molecule has 4 rings (SSSR count). The molecule has 0 spiro atoms. The number of aliphatic imine (C=N–C) groups is 1. The van der Waals surface area contributed by atoms with Crippen LogP contribution in [0.1, 0.15) is 48.0 Å². The lowest BCUT2D eigenvalue weighted by molar-refractivity contribution is -0.116. The number of carbonyl (C=O) groups excluding carboxylic acids is 1. The highest BCUT2D eigenvalue weighted by molar-refractivity contribution is 14.0. The molecule has 2 aromatic carbocycles. The van der Waals surface area contributed by atoms with E-state index in [2.05, 4.69) is 58.2 Å². The van der Waals surface area contributed by atoms with Crippen LogP contribution in [0.4, 0.5) is 5.69 Å². The van der Waals surface area contributed by atoms with Gasteiger partial charge in [0.1, 0.15) is 0 Å². The van der Waals surface area contributed by atoms with Gasteiger partial charge in [-0.05, 0) is 37.0 Å². The molecule has 0 bridgehead atoms. The van der Waals surface area contributed by atoms with Crippen molar-refractivity contribution in [3.63, 3.8) is 0 Å². The largest absolute Gasteiger partial charge is 0.373 e. The van der Waals surface area contributed by atoms with Gasteiger partial charge >= 0.3 is 0 Å². The SMILES string of the molecule is CN=C(NCC1CC(=O)Nc2ccccc21)NCC1CCCOC1c1ccc(C)cc1.I. The number of halogens is 1. The molecule has 2 aliphatic rings. The Bertz CT molecular complexity index is 932. The first-order valence-electron chi connectivity index (χ1n) is 11.2. The van der Waals surface area contributed by atoms with E-state index in [0.717, 1.165) is 37.6 Å². The number of nitrogens with zero attached hydrogens (tertiary/aromatic N) is 1. The second-order valence-electron chi connectivity index (χ2n) is 8.47. The van der Waals surface area contributed by atoms with Gasteiger partial charge in [-0.3, -0.25) is 9.79 Å². The predicted molar refractivity (Wildman–Crippen MR) is 140 cm³/mol. The second-order valence-corrected chi connectivity index (χ2v) is 8.47. The molecular weight excluding hydrogens is 515 g/mol. The second kappa shape index (κ2) is 11.7. The highest BCUT2D eigenvalue weighted by Gasteiger charge is 2.28. The van der Waals surface area contributed by atoms with Crippen molar-refractivity contribution in [2.24, 2.45) is 10.9 Å². The lowest BCUT2D eigenvalue weighted by Crippen LogP contribution is -2.43. The fourth-order valence-electron chi connectivity index (χ4n) is 4.53. The number of fused-ring (bicyclic) bond motifs is 1. The summed E-state index contributed by atoms with van der Waals surface area (Å²) in [6.45, 7) is 4.37. The van der Waals surface area contributed by atoms with Crippen LogP contribution in [0, 0.1) is 12.8 Å². The van der Waals surface area contributed by atoms with Crippen molar-refractivity contribution in [3.05, 3.63) is 65.2 Å². The summed E-state index contributed by atoms with van der Waals surface area (Å²) in [4.78, 5) is 16.5. The molecule has 0 saturated carbocycles. The van der Waals surface area contributed by atoms with Gasteiger partial charge in [0.25, 0.3) is 0 Å². The summed E-state index contributed by atoms with van der Waals surface area (Å²) in [7, 11) is 1.78. The van der Waals surface area contributed by atoms with Gasteiger partial charge in [0.15, 0.2) is 5.96 Å². The minimum absolute atomic E-state index is 0. The van der Waals surface area contributed by atoms with E-state index in [1.807, 2.05) is 18.2 Å². The summed E-state index contributed by atoms with van der Waals surface area (Å²) in [5.74, 6) is 1.34. The van der Waals surface area contributed by atoms with Gasteiger partial charge < -0.3 is 20.7 Å². The van der Waals surface area contributed by atoms with Gasteiger partial charge in [-0.2, -0.15) is 0 Å². The van der Waals surface area contributed by atoms with Crippen molar-refractivity contribution >= 4 is 41.5 Å². The molecule has 1 fully saturated rings. The molecule has 3 N–H and O–H groups in total. The minimum Gasteiger partial charge on any atom is -0.373 e. The number of para-hydroxylation sites is 1. The maximum Gasteiger partial charge on any atom is 0.225 e. The number of benzene rings is 2. The number of aryl methyl sites for hydroxylation is 1. The van der Waals surface area contributed by atoms with E-state index >= 15 is 0 Å². The highest BCUT2D eigenvalue weighted by Crippen LogP contribution is 2.33. The van der Waals surface area contributed by atoms with E-state index in [9.17, 15) is 4.79 Å². The standard InChI is InChI=1S/C25H32N4O2.HI/c1-17-9-11-18(12-10-17)24-19(6-5-13-31-24)15-27-25(26-2)28-16-20-14-23(30)29-22-8-4-3-7-21(20)22;/h3-4,7-12,19-20,24H,5-6,13-16H2,1-2H3,(H,29,30)(H2,26,27,28);1H. The molecule has 0 aromatic heterocycles. The van der Waals surface area contributed by atoms with Gasteiger partial charge in [-0.25, -0.2) is 0 Å². The first-order valence-corrected chi connectivity index (χ1v) is 11.2. The average Bonchev–Trinajstić information content (AvgIpc) is 2.80. The number of nitrogens with one attached hydrogen (secondary N) is 3. The fraction of sp³-hybridized carbons (Fsp3) is 0.440. The molecule has 32 heavy (non-hydrogen) atoms. The minimum atomic E-state index is 0. The van der Waals surface area contributed by atoms with Crippen LogP contribution in [0.2, 0.25) is 0 Å². The summed E-state index contributed by atoms with van der Waals surface area (Å²) in [6.07, 6.45) is 2.79. The van der Waals surface area contributed by atoms with E-state index in [-0.39, 0.29) is 41.9 Å². The molecule has 3 unspecified atom stereocenters. The van der Waals surface area contributed by atoms with Gasteiger partial charge in [-0.15, -0.1) is 24.0 Å². The third kappa shape index (κ3) is 6.01. The molecule has 0 aliphatic carbocycles. The van der Waals surface area contributed by atoms with Crippen LogP contribution >= 0.6 is 24.0 Å².